The Balaban J connectivity index is 1.70. The maximum Gasteiger partial charge on any atom is 0.405 e. The third-order valence-corrected chi connectivity index (χ3v) is 4.67. The Morgan fingerprint density at radius 2 is 1.79 bits per heavy atom. The number of hydrogen-bond donors (Lipinski definition) is 4. The number of nitrogens with zero attached hydrogens (tertiary/aromatic N) is 2. The van der Waals surface area contributed by atoms with Crippen LogP contribution in [0.4, 0.5) is 23.4 Å². The first-order valence-electron chi connectivity index (χ1n) is 10.1. The van der Waals surface area contributed by atoms with E-state index in [1.54, 1.807) is 5.32 Å². The summed E-state index contributed by atoms with van der Waals surface area (Å²) in [7, 11) is 0. The predicted octanol–water partition coefficient (Wildman–Crippen LogP) is 3.41. The van der Waals surface area contributed by atoms with Gasteiger partial charge in [-0.05, 0) is 25.5 Å². The van der Waals surface area contributed by atoms with Gasteiger partial charge in [-0.3, -0.25) is 9.59 Å². The molecule has 2 amide bonds. The van der Waals surface area contributed by atoms with Crippen LogP contribution < -0.4 is 16.0 Å². The van der Waals surface area contributed by atoms with Gasteiger partial charge in [0.05, 0.1) is 6.20 Å². The van der Waals surface area contributed by atoms with E-state index in [1.165, 1.54) is 26.1 Å². The van der Waals surface area contributed by atoms with E-state index in [4.69, 9.17) is 0 Å². The van der Waals surface area contributed by atoms with Gasteiger partial charge in [-0.2, -0.15) is 13.2 Å². The van der Waals surface area contributed by atoms with Crippen LogP contribution in [-0.4, -0.2) is 45.0 Å². The van der Waals surface area contributed by atoms with E-state index in [0.717, 1.165) is 11.8 Å². The molecule has 0 radical (unpaired) electrons. The molecule has 0 saturated heterocycles. The lowest BCUT2D eigenvalue weighted by Gasteiger charge is -2.26. The normalized spacial score (nSPS) is 11.7. The van der Waals surface area contributed by atoms with Crippen molar-refractivity contribution < 1.29 is 27.2 Å². The first kappa shape index (κ1) is 24.7. The van der Waals surface area contributed by atoms with E-state index < -0.39 is 30.0 Å². The molecule has 0 saturated carbocycles. The second-order valence-corrected chi connectivity index (χ2v) is 7.91. The first-order valence-corrected chi connectivity index (χ1v) is 10.1. The standard InChI is InChI=1S/C22H22F4N6O2/c1-21(2,20(34)30-12-22(24,25)26)32-18-15(23)11-28-17(31-18)14-8-16(27-10-14)19(33)29-9-13-6-4-3-5-7-13/h3-8,10-11,27H,9,12H2,1-2H3,(H,29,33)(H,30,34)(H,28,31,32). The fourth-order valence-electron chi connectivity index (χ4n) is 2.88. The van der Waals surface area contributed by atoms with E-state index >= 15 is 0 Å². The lowest BCUT2D eigenvalue weighted by Crippen LogP contribution is -2.50. The highest BCUT2D eigenvalue weighted by atomic mass is 19.4. The van der Waals surface area contributed by atoms with Crippen LogP contribution in [0.25, 0.3) is 11.4 Å². The lowest BCUT2D eigenvalue weighted by atomic mass is 10.0. The summed E-state index contributed by atoms with van der Waals surface area (Å²) in [6.07, 6.45) is -2.27. The number of amides is 2. The monoisotopic (exact) mass is 478 g/mol. The number of halogens is 4. The van der Waals surface area contributed by atoms with Crippen LogP contribution in [-0.2, 0) is 11.3 Å². The van der Waals surface area contributed by atoms with Crippen molar-refractivity contribution in [1.82, 2.24) is 25.6 Å². The van der Waals surface area contributed by atoms with Crippen LogP contribution in [0.5, 0.6) is 0 Å². The summed E-state index contributed by atoms with van der Waals surface area (Å²) in [6.45, 7) is 1.37. The number of nitrogens with one attached hydrogen (secondary N) is 4. The fourth-order valence-corrected chi connectivity index (χ4v) is 2.88. The Kier molecular flexibility index (Phi) is 7.18. The predicted molar refractivity (Wildman–Crippen MR) is 116 cm³/mol. The molecule has 2 heterocycles. The third kappa shape index (κ3) is 6.53. The molecule has 0 bridgehead atoms. The topological polar surface area (TPSA) is 112 Å². The second kappa shape index (κ2) is 9.89. The maximum atomic E-state index is 14.3. The number of carbonyl (C=O) groups excluding carboxylic acids is 2. The van der Waals surface area contributed by atoms with Crippen molar-refractivity contribution in [2.75, 3.05) is 11.9 Å². The van der Waals surface area contributed by atoms with Gasteiger partial charge in [-0.25, -0.2) is 14.4 Å². The molecule has 0 unspecified atom stereocenters. The molecular formula is C22H22F4N6O2. The summed E-state index contributed by atoms with van der Waals surface area (Å²) in [6, 6.07) is 10.8. The molecule has 3 rings (SSSR count). The number of aromatic nitrogens is 3. The van der Waals surface area contributed by atoms with Crippen molar-refractivity contribution in [1.29, 1.82) is 0 Å². The molecule has 0 aliphatic carbocycles. The molecule has 34 heavy (non-hydrogen) atoms. The van der Waals surface area contributed by atoms with Crippen molar-refractivity contribution in [3.05, 3.63) is 65.9 Å². The number of alkyl halides is 3. The maximum absolute atomic E-state index is 14.3. The molecule has 0 aliphatic heterocycles. The molecule has 1 aromatic carbocycles. The summed E-state index contributed by atoms with van der Waals surface area (Å²) in [5.74, 6) is -2.62. The summed E-state index contributed by atoms with van der Waals surface area (Å²) in [5.41, 5.74) is -0.104. The van der Waals surface area contributed by atoms with Gasteiger partial charge in [0.2, 0.25) is 5.91 Å². The second-order valence-electron chi connectivity index (χ2n) is 7.91. The van der Waals surface area contributed by atoms with E-state index in [9.17, 15) is 27.2 Å². The van der Waals surface area contributed by atoms with Crippen LogP contribution >= 0.6 is 0 Å². The number of carbonyl (C=O) groups is 2. The molecule has 4 N–H and O–H groups in total. The van der Waals surface area contributed by atoms with E-state index in [1.807, 2.05) is 30.3 Å². The van der Waals surface area contributed by atoms with E-state index in [2.05, 4.69) is 25.6 Å². The Bertz CT molecular complexity index is 1160. The average molecular weight is 478 g/mol. The van der Waals surface area contributed by atoms with Crippen molar-refractivity contribution in [2.24, 2.45) is 0 Å². The minimum atomic E-state index is -4.58. The quantitative estimate of drug-likeness (QED) is 0.371. The summed E-state index contributed by atoms with van der Waals surface area (Å²) in [4.78, 5) is 35.3. The fraction of sp³-hybridized carbons (Fsp3) is 0.273. The van der Waals surface area contributed by atoms with Crippen molar-refractivity contribution in [2.45, 2.75) is 32.1 Å². The highest BCUT2D eigenvalue weighted by Crippen LogP contribution is 2.22. The average Bonchev–Trinajstić information content (AvgIpc) is 3.28. The largest absolute Gasteiger partial charge is 0.405 e. The highest BCUT2D eigenvalue weighted by Gasteiger charge is 2.34. The van der Waals surface area contributed by atoms with Crippen molar-refractivity contribution >= 4 is 17.6 Å². The zero-order valence-corrected chi connectivity index (χ0v) is 18.3. The van der Waals surface area contributed by atoms with Crippen LogP contribution in [0.15, 0.2) is 48.8 Å². The number of H-pyrrole nitrogens is 1. The molecule has 180 valence electrons. The lowest BCUT2D eigenvalue weighted by molar-refractivity contribution is -0.140. The van der Waals surface area contributed by atoms with Crippen LogP contribution in [0.2, 0.25) is 0 Å². The Hall–Kier alpha value is -3.96. The van der Waals surface area contributed by atoms with Gasteiger partial charge in [0.15, 0.2) is 17.5 Å². The van der Waals surface area contributed by atoms with Crippen molar-refractivity contribution in [3.8, 4) is 11.4 Å². The molecule has 8 nitrogen and oxygen atoms in total. The smallest absolute Gasteiger partial charge is 0.356 e. The molecule has 0 spiro atoms. The van der Waals surface area contributed by atoms with Crippen molar-refractivity contribution in [3.63, 3.8) is 0 Å². The van der Waals surface area contributed by atoms with E-state index in [-0.39, 0.29) is 23.2 Å². The van der Waals surface area contributed by atoms with E-state index in [0.29, 0.717) is 12.1 Å². The number of hydrogen-bond acceptors (Lipinski definition) is 5. The molecule has 0 aliphatic rings. The van der Waals surface area contributed by atoms with Gasteiger partial charge in [0.25, 0.3) is 5.91 Å². The minimum absolute atomic E-state index is 0.0359. The van der Waals surface area contributed by atoms with Crippen LogP contribution in [0.3, 0.4) is 0 Å². The van der Waals surface area contributed by atoms with Gasteiger partial charge in [0.1, 0.15) is 17.8 Å². The molecule has 12 heteroatoms. The molecule has 0 atom stereocenters. The Morgan fingerprint density at radius 3 is 2.47 bits per heavy atom. The van der Waals surface area contributed by atoms with Gasteiger partial charge < -0.3 is 20.9 Å². The first-order chi connectivity index (χ1) is 15.9. The SMILES string of the molecule is CC(C)(Nc1nc(-c2c[nH]c(C(=O)NCc3ccccc3)c2)ncc1F)C(=O)NCC(F)(F)F. The highest BCUT2D eigenvalue weighted by molar-refractivity contribution is 5.93. The summed E-state index contributed by atoms with van der Waals surface area (Å²) < 4.78 is 51.4. The zero-order valence-electron chi connectivity index (χ0n) is 18.3. The molecule has 3 aromatic rings. The molecule has 2 aromatic heterocycles. The number of anilines is 1. The Labute approximate surface area is 192 Å². The van der Waals surface area contributed by atoms with Gasteiger partial charge in [-0.1, -0.05) is 30.3 Å². The summed E-state index contributed by atoms with van der Waals surface area (Å²) in [5, 5.41) is 7.01. The number of benzene rings is 1. The third-order valence-electron chi connectivity index (χ3n) is 4.67. The van der Waals surface area contributed by atoms with Crippen LogP contribution in [0, 0.1) is 5.82 Å². The number of rotatable bonds is 8. The van der Waals surface area contributed by atoms with Crippen LogP contribution in [0.1, 0.15) is 29.9 Å². The van der Waals surface area contributed by atoms with Gasteiger partial charge in [0, 0.05) is 18.3 Å². The van der Waals surface area contributed by atoms with Gasteiger partial charge in [-0.15, -0.1) is 0 Å². The van der Waals surface area contributed by atoms with Gasteiger partial charge >= 0.3 is 6.18 Å². The Morgan fingerprint density at radius 1 is 1.09 bits per heavy atom. The summed E-state index contributed by atoms with van der Waals surface area (Å²) >= 11 is 0. The molecular weight excluding hydrogens is 456 g/mol. The zero-order chi connectivity index (χ0) is 24.9. The number of aromatic amines is 1. The minimum Gasteiger partial charge on any atom is -0.356 e. The molecule has 0 fully saturated rings.